The largest absolute Gasteiger partial charge is 0.477 e. The summed E-state index contributed by atoms with van der Waals surface area (Å²) in [4.78, 5) is 16.6. The van der Waals surface area contributed by atoms with E-state index in [0.717, 1.165) is 23.7 Å². The highest BCUT2D eigenvalue weighted by Crippen LogP contribution is 2.82. The topological polar surface area (TPSA) is 60.5 Å². The van der Waals surface area contributed by atoms with Crippen molar-refractivity contribution in [2.45, 2.75) is 78.2 Å². The predicted molar refractivity (Wildman–Crippen MR) is 136 cm³/mol. The average Bonchev–Trinajstić information content (AvgIpc) is 3.38. The van der Waals surface area contributed by atoms with Gasteiger partial charge >= 0.3 is 0 Å². The molecule has 5 nitrogen and oxygen atoms in total. The van der Waals surface area contributed by atoms with E-state index in [-0.39, 0.29) is 5.91 Å². The highest BCUT2D eigenvalue weighted by molar-refractivity contribution is 5.96. The van der Waals surface area contributed by atoms with Gasteiger partial charge < -0.3 is 14.8 Å². The highest BCUT2D eigenvalue weighted by Gasteiger charge is 2.77. The molecular formula is C30H44N2O3. The summed E-state index contributed by atoms with van der Waals surface area (Å²) in [6, 6.07) is 3.58. The molecule has 1 spiro atoms. The van der Waals surface area contributed by atoms with Gasteiger partial charge in [0.1, 0.15) is 5.56 Å². The smallest absolute Gasteiger partial charge is 0.256 e. The van der Waals surface area contributed by atoms with E-state index in [1.807, 2.05) is 7.11 Å². The second-order valence-electron chi connectivity index (χ2n) is 13.2. The molecule has 0 bridgehead atoms. The number of pyridine rings is 1. The number of fused-ring (bicyclic) bond motifs is 4. The van der Waals surface area contributed by atoms with Crippen molar-refractivity contribution < 1.29 is 14.3 Å². The van der Waals surface area contributed by atoms with Crippen LogP contribution in [0.1, 0.15) is 82.5 Å². The minimum Gasteiger partial charge on any atom is -0.477 e. The second-order valence-corrected chi connectivity index (χ2v) is 13.2. The van der Waals surface area contributed by atoms with Crippen LogP contribution >= 0.6 is 0 Å². The van der Waals surface area contributed by atoms with Crippen LogP contribution in [-0.2, 0) is 4.74 Å². The molecule has 6 rings (SSSR count). The zero-order valence-electron chi connectivity index (χ0n) is 22.3. The van der Waals surface area contributed by atoms with Gasteiger partial charge in [-0.2, -0.15) is 0 Å². The third kappa shape index (κ3) is 3.15. The van der Waals surface area contributed by atoms with Crippen molar-refractivity contribution in [2.24, 2.45) is 51.8 Å². The number of nitrogens with zero attached hydrogens (tertiary/aromatic N) is 1. The molecule has 0 aliphatic heterocycles. The number of amides is 1. The summed E-state index contributed by atoms with van der Waals surface area (Å²) in [5, 5.41) is 2.70. The zero-order valence-corrected chi connectivity index (χ0v) is 22.3. The summed E-state index contributed by atoms with van der Waals surface area (Å²) in [5.41, 5.74) is 1.88. The molecule has 0 radical (unpaired) electrons. The molecule has 35 heavy (non-hydrogen) atoms. The number of carbonyl (C=O) groups is 1. The predicted octanol–water partition coefficient (Wildman–Crippen LogP) is 5.74. The fourth-order valence-electron chi connectivity index (χ4n) is 10.7. The molecule has 10 atom stereocenters. The molecule has 5 fully saturated rings. The Kier molecular flexibility index (Phi) is 5.56. The summed E-state index contributed by atoms with van der Waals surface area (Å²) < 4.78 is 12.5. The molecule has 0 aromatic carbocycles. The monoisotopic (exact) mass is 480 g/mol. The molecule has 5 aliphatic carbocycles. The minimum absolute atomic E-state index is 0.145. The first-order valence-electron chi connectivity index (χ1n) is 14.1. The van der Waals surface area contributed by atoms with Crippen molar-refractivity contribution in [3.05, 3.63) is 23.9 Å². The maximum atomic E-state index is 12.2. The van der Waals surface area contributed by atoms with Crippen LogP contribution < -0.4 is 10.1 Å². The Bertz CT molecular complexity index is 998. The molecule has 1 aromatic rings. The van der Waals surface area contributed by atoms with Gasteiger partial charge in [0.25, 0.3) is 5.91 Å². The number of methoxy groups -OCH3 is 1. The highest BCUT2D eigenvalue weighted by atomic mass is 16.5. The summed E-state index contributed by atoms with van der Waals surface area (Å²) in [6.07, 6.45) is 13.1. The summed E-state index contributed by atoms with van der Waals surface area (Å²) in [6.45, 7) is 8.23. The Balaban J connectivity index is 1.19. The first-order valence-corrected chi connectivity index (χ1v) is 14.1. The SMILES string of the molecule is CNC(=O)c1cccnc1OC[C@@H](C)[C@H]1CC[C@H]2[C@@H]3CC(OC)C45C[C@H]4CC[C@]5(C)[C@H]3CC[C@]12C. The molecule has 1 amide bonds. The van der Waals surface area contributed by atoms with Crippen LogP contribution in [0, 0.1) is 51.8 Å². The number of aromatic nitrogens is 1. The Morgan fingerprint density at radius 3 is 2.77 bits per heavy atom. The first kappa shape index (κ1) is 23.8. The lowest BCUT2D eigenvalue weighted by Gasteiger charge is -2.61. The number of hydrogen-bond donors (Lipinski definition) is 1. The molecule has 192 valence electrons. The number of ether oxygens (including phenoxy) is 2. The molecule has 5 saturated carbocycles. The van der Waals surface area contributed by atoms with Crippen molar-refractivity contribution in [3.8, 4) is 5.88 Å². The van der Waals surface area contributed by atoms with Gasteiger partial charge in [-0.25, -0.2) is 4.98 Å². The Morgan fingerprint density at radius 2 is 2.03 bits per heavy atom. The van der Waals surface area contributed by atoms with Crippen LogP contribution in [0.3, 0.4) is 0 Å². The third-order valence-electron chi connectivity index (χ3n) is 12.3. The van der Waals surface area contributed by atoms with Crippen LogP contribution in [-0.4, -0.2) is 37.8 Å². The molecule has 1 aromatic heterocycles. The molecule has 2 unspecified atom stereocenters. The second kappa shape index (κ2) is 8.19. The van der Waals surface area contributed by atoms with Gasteiger partial charge in [-0.05, 0) is 110 Å². The van der Waals surface area contributed by atoms with Gasteiger partial charge in [0.05, 0.1) is 12.7 Å². The summed E-state index contributed by atoms with van der Waals surface area (Å²) in [7, 11) is 3.63. The van der Waals surface area contributed by atoms with E-state index in [0.29, 0.717) is 52.2 Å². The van der Waals surface area contributed by atoms with Gasteiger partial charge in [0, 0.05) is 25.8 Å². The van der Waals surface area contributed by atoms with Gasteiger partial charge in [0.2, 0.25) is 5.88 Å². The van der Waals surface area contributed by atoms with Crippen LogP contribution in [0.4, 0.5) is 0 Å². The third-order valence-corrected chi connectivity index (χ3v) is 12.3. The first-order chi connectivity index (χ1) is 16.8. The standard InChI is InChI=1S/C30H44N2O3/c1-18(17-35-27-20(26(33)31-4)7-6-14-32-27)22-8-9-23-21-15-25(34-5)30-16-19(30)10-13-29(30,3)24(21)11-12-28(22,23)2/h6-7,14,18-19,21-25H,8-13,15-17H2,1-5H3,(H,31,33)/t18-,19-,21+,22-,23+,24+,25?,28-,29-,30?/m1/s1. The van der Waals surface area contributed by atoms with Crippen LogP contribution in [0.25, 0.3) is 0 Å². The molecule has 1 N–H and O–H groups in total. The Hall–Kier alpha value is -1.62. The van der Waals surface area contributed by atoms with E-state index in [1.165, 1.54) is 51.4 Å². The number of carbonyl (C=O) groups excluding carboxylic acids is 1. The van der Waals surface area contributed by atoms with Gasteiger partial charge in [0.15, 0.2) is 0 Å². The van der Waals surface area contributed by atoms with E-state index < -0.39 is 0 Å². The normalized spacial score (nSPS) is 46.1. The summed E-state index contributed by atoms with van der Waals surface area (Å²) >= 11 is 0. The van der Waals surface area contributed by atoms with E-state index in [2.05, 4.69) is 31.1 Å². The van der Waals surface area contributed by atoms with Crippen molar-refractivity contribution >= 4 is 5.91 Å². The lowest BCUT2D eigenvalue weighted by molar-refractivity contribution is -0.161. The fraction of sp³-hybridized carbons (Fsp3) is 0.800. The minimum atomic E-state index is -0.145. The molecule has 5 heteroatoms. The molecule has 0 saturated heterocycles. The van der Waals surface area contributed by atoms with Crippen molar-refractivity contribution in [1.29, 1.82) is 0 Å². The molecular weight excluding hydrogens is 436 g/mol. The number of hydrogen-bond acceptors (Lipinski definition) is 4. The summed E-state index contributed by atoms with van der Waals surface area (Å²) in [5.74, 6) is 4.83. The molecule has 1 heterocycles. The maximum Gasteiger partial charge on any atom is 0.256 e. The number of nitrogens with one attached hydrogen (secondary N) is 1. The van der Waals surface area contributed by atoms with Crippen molar-refractivity contribution in [1.82, 2.24) is 10.3 Å². The van der Waals surface area contributed by atoms with E-state index in [1.54, 1.807) is 25.4 Å². The Morgan fingerprint density at radius 1 is 1.20 bits per heavy atom. The maximum absolute atomic E-state index is 12.2. The fourth-order valence-corrected chi connectivity index (χ4v) is 10.7. The van der Waals surface area contributed by atoms with Gasteiger partial charge in [-0.1, -0.05) is 20.8 Å². The average molecular weight is 481 g/mol. The van der Waals surface area contributed by atoms with Crippen LogP contribution in [0.2, 0.25) is 0 Å². The van der Waals surface area contributed by atoms with E-state index in [4.69, 9.17) is 9.47 Å². The molecule has 5 aliphatic rings. The quantitative estimate of drug-likeness (QED) is 0.564. The van der Waals surface area contributed by atoms with Crippen molar-refractivity contribution in [3.63, 3.8) is 0 Å². The zero-order chi connectivity index (χ0) is 24.6. The van der Waals surface area contributed by atoms with E-state index in [9.17, 15) is 4.79 Å². The van der Waals surface area contributed by atoms with Gasteiger partial charge in [-0.15, -0.1) is 0 Å². The number of rotatable bonds is 6. The van der Waals surface area contributed by atoms with E-state index >= 15 is 0 Å². The Labute approximate surface area is 211 Å². The van der Waals surface area contributed by atoms with Crippen LogP contribution in [0.5, 0.6) is 5.88 Å². The van der Waals surface area contributed by atoms with Crippen LogP contribution in [0.15, 0.2) is 18.3 Å². The lowest BCUT2D eigenvalue weighted by Crippen LogP contribution is -2.57. The lowest BCUT2D eigenvalue weighted by atomic mass is 9.45. The van der Waals surface area contributed by atoms with Gasteiger partial charge in [-0.3, -0.25) is 4.79 Å². The van der Waals surface area contributed by atoms with Crippen molar-refractivity contribution in [2.75, 3.05) is 20.8 Å².